The molecule has 1 aliphatic rings. The van der Waals surface area contributed by atoms with Crippen molar-refractivity contribution >= 4 is 16.8 Å². The molecule has 5 heteroatoms. The SMILES string of the molecule is COc1cccc(C(CC(=O)NCCC2CCNCC2)c2cn(Cc3ccccc3)c3ccccc23)c1. The highest BCUT2D eigenvalue weighted by Gasteiger charge is 2.23. The molecule has 1 atom stereocenters. The molecule has 1 aliphatic heterocycles. The third-order valence-corrected chi connectivity index (χ3v) is 7.61. The van der Waals surface area contributed by atoms with Gasteiger partial charge in [0, 0.05) is 42.5 Å². The van der Waals surface area contributed by atoms with Gasteiger partial charge in [-0.2, -0.15) is 0 Å². The van der Waals surface area contributed by atoms with E-state index in [2.05, 4.69) is 82.1 Å². The normalized spacial score (nSPS) is 14.9. The van der Waals surface area contributed by atoms with Gasteiger partial charge >= 0.3 is 0 Å². The number of methoxy groups -OCH3 is 1. The maximum Gasteiger partial charge on any atom is 0.220 e. The lowest BCUT2D eigenvalue weighted by molar-refractivity contribution is -0.121. The second-order valence-corrected chi connectivity index (χ2v) is 10.1. The molecule has 5 nitrogen and oxygen atoms in total. The molecule has 1 aromatic heterocycles. The van der Waals surface area contributed by atoms with E-state index in [1.165, 1.54) is 34.9 Å². The van der Waals surface area contributed by atoms with Crippen LogP contribution in [0.5, 0.6) is 5.75 Å². The summed E-state index contributed by atoms with van der Waals surface area (Å²) in [6.45, 7) is 3.70. The number of nitrogens with one attached hydrogen (secondary N) is 2. The van der Waals surface area contributed by atoms with Crippen molar-refractivity contribution in [3.8, 4) is 5.75 Å². The molecular weight excluding hydrogens is 458 g/mol. The van der Waals surface area contributed by atoms with Crippen molar-refractivity contribution in [1.82, 2.24) is 15.2 Å². The number of hydrogen-bond donors (Lipinski definition) is 2. The van der Waals surface area contributed by atoms with Crippen molar-refractivity contribution in [3.05, 3.63) is 102 Å². The van der Waals surface area contributed by atoms with Crippen molar-refractivity contribution < 1.29 is 9.53 Å². The largest absolute Gasteiger partial charge is 0.497 e. The van der Waals surface area contributed by atoms with Crippen LogP contribution in [-0.4, -0.2) is 37.2 Å². The molecule has 1 unspecified atom stereocenters. The highest BCUT2D eigenvalue weighted by atomic mass is 16.5. The number of para-hydroxylation sites is 1. The number of carbonyl (C=O) groups excluding carboxylic acids is 1. The number of benzene rings is 3. The Bertz CT molecular complexity index is 1310. The molecule has 2 N–H and O–H groups in total. The van der Waals surface area contributed by atoms with Crippen LogP contribution in [0.3, 0.4) is 0 Å². The molecule has 3 aromatic carbocycles. The maximum absolute atomic E-state index is 13.3. The van der Waals surface area contributed by atoms with E-state index in [-0.39, 0.29) is 11.8 Å². The Labute approximate surface area is 219 Å². The van der Waals surface area contributed by atoms with E-state index in [1.54, 1.807) is 7.11 Å². The van der Waals surface area contributed by atoms with Crippen molar-refractivity contribution in [2.24, 2.45) is 5.92 Å². The number of aromatic nitrogens is 1. The first-order chi connectivity index (χ1) is 18.2. The highest BCUT2D eigenvalue weighted by Crippen LogP contribution is 2.36. The molecule has 1 fully saturated rings. The number of fused-ring (bicyclic) bond motifs is 1. The Kier molecular flexibility index (Phi) is 8.21. The van der Waals surface area contributed by atoms with E-state index in [9.17, 15) is 4.79 Å². The predicted molar refractivity (Wildman–Crippen MR) is 150 cm³/mol. The lowest BCUT2D eigenvalue weighted by Gasteiger charge is -2.23. The van der Waals surface area contributed by atoms with E-state index in [1.807, 2.05) is 18.2 Å². The van der Waals surface area contributed by atoms with Gasteiger partial charge in [0.05, 0.1) is 7.11 Å². The molecule has 0 aliphatic carbocycles. The van der Waals surface area contributed by atoms with Gasteiger partial charge in [-0.15, -0.1) is 0 Å². The fraction of sp³-hybridized carbons (Fsp3) is 0.344. The standard InChI is InChI=1S/C32H37N3O2/c1-37-27-11-7-10-26(20-27)29(21-32(36)34-19-16-24-14-17-33-18-15-24)30-23-35(22-25-8-3-2-4-9-25)31-13-6-5-12-28(30)31/h2-13,20,23-24,29,33H,14-19,21-22H2,1H3,(H,34,36). The van der Waals surface area contributed by atoms with Crippen LogP contribution in [0.25, 0.3) is 10.9 Å². The van der Waals surface area contributed by atoms with Crippen LogP contribution >= 0.6 is 0 Å². The van der Waals surface area contributed by atoms with Crippen LogP contribution in [0.1, 0.15) is 48.3 Å². The van der Waals surface area contributed by atoms with Crippen LogP contribution in [0.15, 0.2) is 85.1 Å². The lowest BCUT2D eigenvalue weighted by Crippen LogP contribution is -2.31. The average Bonchev–Trinajstić information content (AvgIpc) is 3.31. The zero-order valence-corrected chi connectivity index (χ0v) is 21.7. The molecule has 0 radical (unpaired) electrons. The molecule has 5 rings (SSSR count). The number of rotatable bonds is 10. The van der Waals surface area contributed by atoms with Crippen LogP contribution in [0.4, 0.5) is 0 Å². The first-order valence-corrected chi connectivity index (χ1v) is 13.4. The summed E-state index contributed by atoms with van der Waals surface area (Å²) in [7, 11) is 1.69. The van der Waals surface area contributed by atoms with Gasteiger partial charge in [0.15, 0.2) is 0 Å². The second-order valence-electron chi connectivity index (χ2n) is 10.1. The molecule has 1 amide bonds. The third-order valence-electron chi connectivity index (χ3n) is 7.61. The average molecular weight is 496 g/mol. The van der Waals surface area contributed by atoms with Crippen molar-refractivity contribution in [2.75, 3.05) is 26.7 Å². The Morgan fingerprint density at radius 2 is 1.81 bits per heavy atom. The van der Waals surface area contributed by atoms with Gasteiger partial charge in [-0.3, -0.25) is 4.79 Å². The Morgan fingerprint density at radius 1 is 1.03 bits per heavy atom. The minimum absolute atomic E-state index is 0.0732. The third kappa shape index (κ3) is 6.23. The van der Waals surface area contributed by atoms with Gasteiger partial charge in [-0.1, -0.05) is 60.7 Å². The summed E-state index contributed by atoms with van der Waals surface area (Å²) in [5.74, 6) is 1.53. The zero-order valence-electron chi connectivity index (χ0n) is 21.7. The number of carbonyl (C=O) groups is 1. The molecule has 1 saturated heterocycles. The van der Waals surface area contributed by atoms with E-state index in [0.717, 1.165) is 43.9 Å². The van der Waals surface area contributed by atoms with Crippen LogP contribution < -0.4 is 15.4 Å². The highest BCUT2D eigenvalue weighted by molar-refractivity contribution is 5.87. The van der Waals surface area contributed by atoms with Gasteiger partial charge in [0.25, 0.3) is 0 Å². The van der Waals surface area contributed by atoms with Crippen molar-refractivity contribution in [2.45, 2.75) is 38.1 Å². The van der Waals surface area contributed by atoms with E-state index < -0.39 is 0 Å². The molecule has 0 saturated carbocycles. The number of ether oxygens (including phenoxy) is 1. The molecule has 4 aromatic rings. The predicted octanol–water partition coefficient (Wildman–Crippen LogP) is 5.73. The van der Waals surface area contributed by atoms with E-state index in [4.69, 9.17) is 4.74 Å². The summed E-state index contributed by atoms with van der Waals surface area (Å²) in [6.07, 6.45) is 6.09. The summed E-state index contributed by atoms with van der Waals surface area (Å²) < 4.78 is 7.85. The second kappa shape index (κ2) is 12.1. The molecule has 192 valence electrons. The van der Waals surface area contributed by atoms with Crippen LogP contribution in [0, 0.1) is 5.92 Å². The van der Waals surface area contributed by atoms with Gasteiger partial charge < -0.3 is 19.9 Å². The van der Waals surface area contributed by atoms with E-state index in [0.29, 0.717) is 12.3 Å². The number of nitrogens with zero attached hydrogens (tertiary/aromatic N) is 1. The molecule has 2 heterocycles. The first kappa shape index (κ1) is 25.1. The Morgan fingerprint density at radius 3 is 2.62 bits per heavy atom. The molecule has 0 bridgehead atoms. The zero-order chi connectivity index (χ0) is 25.5. The smallest absolute Gasteiger partial charge is 0.220 e. The molecule has 0 spiro atoms. The van der Waals surface area contributed by atoms with Crippen molar-refractivity contribution in [3.63, 3.8) is 0 Å². The summed E-state index contributed by atoms with van der Waals surface area (Å²) in [5.41, 5.74) is 4.70. The van der Waals surface area contributed by atoms with Gasteiger partial charge in [0.1, 0.15) is 5.75 Å². The summed E-state index contributed by atoms with van der Waals surface area (Å²) >= 11 is 0. The molecular formula is C32H37N3O2. The van der Waals surface area contributed by atoms with Crippen LogP contribution in [-0.2, 0) is 11.3 Å². The van der Waals surface area contributed by atoms with Crippen molar-refractivity contribution in [1.29, 1.82) is 0 Å². The Hall–Kier alpha value is -3.57. The topological polar surface area (TPSA) is 55.3 Å². The number of piperidine rings is 1. The fourth-order valence-corrected chi connectivity index (χ4v) is 5.57. The Balaban J connectivity index is 1.43. The monoisotopic (exact) mass is 495 g/mol. The number of hydrogen-bond acceptors (Lipinski definition) is 3. The molecule has 37 heavy (non-hydrogen) atoms. The maximum atomic E-state index is 13.3. The van der Waals surface area contributed by atoms with Gasteiger partial charge in [-0.05, 0) is 73.2 Å². The van der Waals surface area contributed by atoms with Gasteiger partial charge in [-0.25, -0.2) is 0 Å². The minimum atomic E-state index is -0.0732. The lowest BCUT2D eigenvalue weighted by atomic mass is 9.87. The van der Waals surface area contributed by atoms with E-state index >= 15 is 0 Å². The summed E-state index contributed by atoms with van der Waals surface area (Å²) in [6, 6.07) is 27.2. The van der Waals surface area contributed by atoms with Gasteiger partial charge in [0.2, 0.25) is 5.91 Å². The fourth-order valence-electron chi connectivity index (χ4n) is 5.57. The quantitative estimate of drug-likeness (QED) is 0.296. The summed E-state index contributed by atoms with van der Waals surface area (Å²) in [4.78, 5) is 13.3. The van der Waals surface area contributed by atoms with Crippen LogP contribution in [0.2, 0.25) is 0 Å². The minimum Gasteiger partial charge on any atom is -0.497 e. The number of amides is 1. The first-order valence-electron chi connectivity index (χ1n) is 13.4. The summed E-state index contributed by atoms with van der Waals surface area (Å²) in [5, 5.41) is 7.83.